The zero-order valence-corrected chi connectivity index (χ0v) is 10.4. The summed E-state index contributed by atoms with van der Waals surface area (Å²) in [6, 6.07) is 5.54. The second-order valence-corrected chi connectivity index (χ2v) is 4.07. The summed E-state index contributed by atoms with van der Waals surface area (Å²) in [5.74, 6) is -1.89. The topological polar surface area (TPSA) is 113 Å². The number of nitrogen functional groups attached to an aromatic ring is 1. The van der Waals surface area contributed by atoms with Gasteiger partial charge >= 0.3 is 5.97 Å². The Balaban J connectivity index is 2.67. The molecular weight excluding hydrogens is 248 g/mol. The molecule has 1 rings (SSSR count). The average Bonchev–Trinajstić information content (AvgIpc) is 2.32. The lowest BCUT2D eigenvalue weighted by atomic mass is 10.1. The van der Waals surface area contributed by atoms with Crippen LogP contribution in [0, 0.1) is 0 Å². The summed E-state index contributed by atoms with van der Waals surface area (Å²) >= 11 is 0. The van der Waals surface area contributed by atoms with Crippen LogP contribution in [-0.4, -0.2) is 34.2 Å². The first-order chi connectivity index (χ1) is 8.90. The summed E-state index contributed by atoms with van der Waals surface area (Å²) in [6.07, 6.45) is 1.52. The molecule has 0 aliphatic rings. The number of benzene rings is 1. The molecule has 1 aromatic carbocycles. The van der Waals surface area contributed by atoms with Gasteiger partial charge in [0.15, 0.2) is 6.04 Å². The number of nitrogens with two attached hydrogens (primary N) is 1. The molecule has 0 aromatic heterocycles. The van der Waals surface area contributed by atoms with Gasteiger partial charge in [0.05, 0.1) is 6.10 Å². The Morgan fingerprint density at radius 3 is 2.63 bits per heavy atom. The van der Waals surface area contributed by atoms with Crippen LogP contribution in [0.1, 0.15) is 12.5 Å². The first-order valence-corrected chi connectivity index (χ1v) is 5.65. The highest BCUT2D eigenvalue weighted by Crippen LogP contribution is 2.07. The highest BCUT2D eigenvalue weighted by atomic mass is 16.4. The minimum Gasteiger partial charge on any atom is -0.480 e. The van der Waals surface area contributed by atoms with E-state index in [0.29, 0.717) is 5.69 Å². The quantitative estimate of drug-likeness (QED) is 0.449. The normalized spacial score (nSPS) is 14.0. The van der Waals surface area contributed by atoms with Gasteiger partial charge in [0.1, 0.15) is 0 Å². The van der Waals surface area contributed by atoms with Crippen molar-refractivity contribution in [1.29, 1.82) is 0 Å². The SMILES string of the molecule is C[C@@H](O)[C@H](NC(=O)/C=C/c1cccc(N)c1)C(=O)O. The van der Waals surface area contributed by atoms with Gasteiger partial charge in [-0.05, 0) is 30.7 Å². The van der Waals surface area contributed by atoms with Crippen molar-refractivity contribution in [3.63, 3.8) is 0 Å². The summed E-state index contributed by atoms with van der Waals surface area (Å²) in [5, 5.41) is 20.2. The number of nitrogens with one attached hydrogen (secondary N) is 1. The molecule has 0 aliphatic carbocycles. The van der Waals surface area contributed by atoms with E-state index in [1.54, 1.807) is 24.3 Å². The fraction of sp³-hybridized carbons (Fsp3) is 0.231. The standard InChI is InChI=1S/C13H16N2O4/c1-8(16)12(13(18)19)15-11(17)6-5-9-3-2-4-10(14)7-9/h2-8,12,16H,14H2,1H3,(H,15,17)(H,18,19)/b6-5+/t8-,12+/m1/s1. The summed E-state index contributed by atoms with van der Waals surface area (Å²) in [6.45, 7) is 1.29. The molecule has 19 heavy (non-hydrogen) atoms. The number of carboxylic acid groups (broad SMARTS) is 1. The number of aliphatic hydroxyl groups excluding tert-OH is 1. The van der Waals surface area contributed by atoms with Crippen LogP contribution in [0.4, 0.5) is 5.69 Å². The van der Waals surface area contributed by atoms with Crippen molar-refractivity contribution in [3.8, 4) is 0 Å². The van der Waals surface area contributed by atoms with Crippen LogP contribution in [0.5, 0.6) is 0 Å². The monoisotopic (exact) mass is 264 g/mol. The van der Waals surface area contributed by atoms with Gasteiger partial charge in [-0.2, -0.15) is 0 Å². The van der Waals surface area contributed by atoms with Gasteiger partial charge in [-0.25, -0.2) is 4.79 Å². The molecule has 0 fully saturated rings. The number of hydrogen-bond acceptors (Lipinski definition) is 4. The predicted molar refractivity (Wildman–Crippen MR) is 71.1 cm³/mol. The second-order valence-electron chi connectivity index (χ2n) is 4.07. The van der Waals surface area contributed by atoms with Crippen molar-refractivity contribution in [1.82, 2.24) is 5.32 Å². The van der Waals surface area contributed by atoms with E-state index in [2.05, 4.69) is 5.32 Å². The average molecular weight is 264 g/mol. The largest absolute Gasteiger partial charge is 0.480 e. The van der Waals surface area contributed by atoms with E-state index in [-0.39, 0.29) is 0 Å². The first-order valence-electron chi connectivity index (χ1n) is 5.65. The molecule has 0 saturated heterocycles. The minimum absolute atomic E-state index is 0.565. The molecule has 5 N–H and O–H groups in total. The number of hydrogen-bond donors (Lipinski definition) is 4. The first kappa shape index (κ1) is 14.7. The molecule has 1 amide bonds. The fourth-order valence-electron chi connectivity index (χ4n) is 1.42. The fourth-order valence-corrected chi connectivity index (χ4v) is 1.42. The second kappa shape index (κ2) is 6.55. The van der Waals surface area contributed by atoms with Gasteiger partial charge in [-0.1, -0.05) is 12.1 Å². The number of anilines is 1. The van der Waals surface area contributed by atoms with E-state index in [0.717, 1.165) is 5.56 Å². The highest BCUT2D eigenvalue weighted by Gasteiger charge is 2.23. The number of aliphatic hydroxyl groups is 1. The van der Waals surface area contributed by atoms with E-state index < -0.39 is 24.0 Å². The molecule has 0 heterocycles. The third-order valence-corrected chi connectivity index (χ3v) is 2.38. The number of carbonyl (C=O) groups excluding carboxylic acids is 1. The molecule has 0 unspecified atom stereocenters. The van der Waals surface area contributed by atoms with Gasteiger partial charge in [0.2, 0.25) is 5.91 Å². The Morgan fingerprint density at radius 1 is 1.42 bits per heavy atom. The maximum absolute atomic E-state index is 11.5. The molecule has 2 atom stereocenters. The summed E-state index contributed by atoms with van der Waals surface area (Å²) in [5.41, 5.74) is 6.87. The molecular formula is C13H16N2O4. The Morgan fingerprint density at radius 2 is 2.11 bits per heavy atom. The van der Waals surface area contributed by atoms with Crippen LogP contribution in [-0.2, 0) is 9.59 Å². The van der Waals surface area contributed by atoms with Gasteiger partial charge in [-0.15, -0.1) is 0 Å². The summed E-state index contributed by atoms with van der Waals surface area (Å²) in [7, 11) is 0. The molecule has 6 nitrogen and oxygen atoms in total. The molecule has 0 bridgehead atoms. The Kier molecular flexibility index (Phi) is 5.08. The lowest BCUT2D eigenvalue weighted by Gasteiger charge is -2.15. The van der Waals surface area contributed by atoms with Crippen LogP contribution < -0.4 is 11.1 Å². The van der Waals surface area contributed by atoms with Crippen molar-refractivity contribution in [2.24, 2.45) is 0 Å². The third kappa shape index (κ3) is 4.81. The predicted octanol–water partition coefficient (Wildman–Crippen LogP) is 0.232. The van der Waals surface area contributed by atoms with Crippen LogP contribution in [0.3, 0.4) is 0 Å². The van der Waals surface area contributed by atoms with Crippen LogP contribution in [0.15, 0.2) is 30.3 Å². The highest BCUT2D eigenvalue weighted by molar-refractivity contribution is 5.94. The zero-order chi connectivity index (χ0) is 14.4. The molecule has 0 spiro atoms. The number of carboxylic acids is 1. The summed E-state index contributed by atoms with van der Waals surface area (Å²) in [4.78, 5) is 22.3. The van der Waals surface area contributed by atoms with Gasteiger partial charge < -0.3 is 21.3 Å². The van der Waals surface area contributed by atoms with E-state index in [1.807, 2.05) is 0 Å². The Bertz CT molecular complexity index is 497. The lowest BCUT2D eigenvalue weighted by Crippen LogP contribution is -2.47. The van der Waals surface area contributed by atoms with Gasteiger partial charge in [0, 0.05) is 11.8 Å². The van der Waals surface area contributed by atoms with Crippen LogP contribution in [0.2, 0.25) is 0 Å². The maximum atomic E-state index is 11.5. The summed E-state index contributed by atoms with van der Waals surface area (Å²) < 4.78 is 0. The van der Waals surface area contributed by atoms with Gasteiger partial charge in [-0.3, -0.25) is 4.79 Å². The van der Waals surface area contributed by atoms with Gasteiger partial charge in [0.25, 0.3) is 0 Å². The van der Waals surface area contributed by atoms with E-state index in [1.165, 1.54) is 19.1 Å². The number of carbonyl (C=O) groups is 2. The van der Waals surface area contributed by atoms with Crippen LogP contribution in [0.25, 0.3) is 6.08 Å². The molecule has 0 aliphatic heterocycles. The number of aliphatic carboxylic acids is 1. The van der Waals surface area contributed by atoms with Crippen LogP contribution >= 0.6 is 0 Å². The van der Waals surface area contributed by atoms with E-state index in [9.17, 15) is 14.7 Å². The minimum atomic E-state index is -1.34. The van der Waals surface area contributed by atoms with E-state index >= 15 is 0 Å². The van der Waals surface area contributed by atoms with E-state index in [4.69, 9.17) is 10.8 Å². The number of rotatable bonds is 5. The smallest absolute Gasteiger partial charge is 0.328 e. The Labute approximate surface area is 110 Å². The number of amides is 1. The lowest BCUT2D eigenvalue weighted by molar-refractivity contribution is -0.144. The van der Waals surface area contributed by atoms with Crippen molar-refractivity contribution < 1.29 is 19.8 Å². The van der Waals surface area contributed by atoms with Crippen molar-refractivity contribution >= 4 is 23.6 Å². The molecule has 0 radical (unpaired) electrons. The Hall–Kier alpha value is -2.34. The molecule has 1 aromatic rings. The van der Waals surface area contributed by atoms with Crippen molar-refractivity contribution in [3.05, 3.63) is 35.9 Å². The third-order valence-electron chi connectivity index (χ3n) is 2.38. The molecule has 0 saturated carbocycles. The maximum Gasteiger partial charge on any atom is 0.328 e. The molecule has 102 valence electrons. The van der Waals surface area contributed by atoms with Crippen molar-refractivity contribution in [2.75, 3.05) is 5.73 Å². The zero-order valence-electron chi connectivity index (χ0n) is 10.4. The molecule has 6 heteroatoms. The van der Waals surface area contributed by atoms with Crippen molar-refractivity contribution in [2.45, 2.75) is 19.1 Å².